The molecule has 2 rings (SSSR count). The molecule has 106 valence electrons. The molecule has 0 aliphatic rings. The Morgan fingerprint density at radius 2 is 1.45 bits per heavy atom. The van der Waals surface area contributed by atoms with Crippen LogP contribution in [0.2, 0.25) is 0 Å². The summed E-state index contributed by atoms with van der Waals surface area (Å²) in [5.41, 5.74) is 4.05. The van der Waals surface area contributed by atoms with Gasteiger partial charge in [0, 0.05) is 0 Å². The standard InChI is InChI=1S/C19H25N/c1-2-20-16-8-4-5-9-17-12-14-19(15-13-17)18-10-6-3-7-11-18/h3,6-7,10-15,20H,2,4-5,8-9,16H2,1H3. The van der Waals surface area contributed by atoms with Crippen LogP contribution in [0.1, 0.15) is 31.7 Å². The van der Waals surface area contributed by atoms with Crippen LogP contribution >= 0.6 is 0 Å². The highest BCUT2D eigenvalue weighted by Crippen LogP contribution is 2.19. The zero-order chi connectivity index (χ0) is 14.0. The minimum absolute atomic E-state index is 1.08. The Hall–Kier alpha value is -1.60. The first kappa shape index (κ1) is 14.8. The van der Waals surface area contributed by atoms with E-state index in [1.54, 1.807) is 0 Å². The third-order valence-corrected chi connectivity index (χ3v) is 3.63. The highest BCUT2D eigenvalue weighted by atomic mass is 14.8. The minimum Gasteiger partial charge on any atom is -0.317 e. The fourth-order valence-corrected chi connectivity index (χ4v) is 2.43. The molecule has 0 saturated heterocycles. The molecule has 0 fully saturated rings. The molecular weight excluding hydrogens is 242 g/mol. The van der Waals surface area contributed by atoms with Crippen molar-refractivity contribution in [2.75, 3.05) is 13.1 Å². The van der Waals surface area contributed by atoms with Crippen molar-refractivity contribution in [1.29, 1.82) is 0 Å². The van der Waals surface area contributed by atoms with Gasteiger partial charge in [-0.05, 0) is 49.0 Å². The second kappa shape index (κ2) is 8.55. The second-order valence-electron chi connectivity index (χ2n) is 5.23. The van der Waals surface area contributed by atoms with Gasteiger partial charge < -0.3 is 5.32 Å². The lowest BCUT2D eigenvalue weighted by Crippen LogP contribution is -2.13. The number of unbranched alkanes of at least 4 members (excludes halogenated alkanes) is 2. The smallest absolute Gasteiger partial charge is 0.00490 e. The van der Waals surface area contributed by atoms with Gasteiger partial charge in [-0.1, -0.05) is 67.9 Å². The van der Waals surface area contributed by atoms with Gasteiger partial charge in [0.2, 0.25) is 0 Å². The molecule has 2 aromatic rings. The van der Waals surface area contributed by atoms with Gasteiger partial charge in [0.25, 0.3) is 0 Å². The molecule has 0 aliphatic carbocycles. The maximum Gasteiger partial charge on any atom is -0.00490 e. The topological polar surface area (TPSA) is 12.0 Å². The summed E-state index contributed by atoms with van der Waals surface area (Å²) in [5.74, 6) is 0. The van der Waals surface area contributed by atoms with Crippen LogP contribution in [-0.4, -0.2) is 13.1 Å². The van der Waals surface area contributed by atoms with Gasteiger partial charge in [-0.25, -0.2) is 0 Å². The highest BCUT2D eigenvalue weighted by molar-refractivity contribution is 5.63. The number of rotatable bonds is 8. The van der Waals surface area contributed by atoms with E-state index in [0.717, 1.165) is 13.1 Å². The van der Waals surface area contributed by atoms with E-state index in [1.165, 1.54) is 42.4 Å². The molecule has 0 spiro atoms. The van der Waals surface area contributed by atoms with Crippen LogP contribution < -0.4 is 5.32 Å². The lowest BCUT2D eigenvalue weighted by atomic mass is 10.0. The molecule has 0 amide bonds. The first-order valence-electron chi connectivity index (χ1n) is 7.75. The van der Waals surface area contributed by atoms with Crippen molar-refractivity contribution in [3.63, 3.8) is 0 Å². The van der Waals surface area contributed by atoms with E-state index in [2.05, 4.69) is 66.8 Å². The molecule has 1 nitrogen and oxygen atoms in total. The average molecular weight is 267 g/mol. The molecule has 0 aromatic heterocycles. The molecule has 0 aliphatic heterocycles. The molecule has 0 heterocycles. The van der Waals surface area contributed by atoms with Gasteiger partial charge in [0.15, 0.2) is 0 Å². The lowest BCUT2D eigenvalue weighted by molar-refractivity contribution is 0.617. The number of nitrogens with one attached hydrogen (secondary N) is 1. The van der Waals surface area contributed by atoms with Crippen molar-refractivity contribution in [2.24, 2.45) is 0 Å². The largest absolute Gasteiger partial charge is 0.317 e. The maximum absolute atomic E-state index is 3.37. The zero-order valence-corrected chi connectivity index (χ0v) is 12.4. The molecule has 0 bridgehead atoms. The van der Waals surface area contributed by atoms with Crippen LogP contribution in [0.15, 0.2) is 54.6 Å². The predicted octanol–water partition coefficient (Wildman–Crippen LogP) is 4.68. The van der Waals surface area contributed by atoms with Gasteiger partial charge in [-0.3, -0.25) is 0 Å². The monoisotopic (exact) mass is 267 g/mol. The van der Waals surface area contributed by atoms with E-state index in [1.807, 2.05) is 0 Å². The summed E-state index contributed by atoms with van der Waals surface area (Å²) in [4.78, 5) is 0. The average Bonchev–Trinajstić information content (AvgIpc) is 2.52. The fourth-order valence-electron chi connectivity index (χ4n) is 2.43. The highest BCUT2D eigenvalue weighted by Gasteiger charge is 1.98. The molecule has 1 N–H and O–H groups in total. The molecule has 0 radical (unpaired) electrons. The molecule has 0 unspecified atom stereocenters. The SMILES string of the molecule is CCNCCCCCc1ccc(-c2ccccc2)cc1. The quantitative estimate of drug-likeness (QED) is 0.685. The van der Waals surface area contributed by atoms with Crippen LogP contribution in [0.5, 0.6) is 0 Å². The summed E-state index contributed by atoms with van der Waals surface area (Å²) >= 11 is 0. The van der Waals surface area contributed by atoms with Crippen molar-refractivity contribution >= 4 is 0 Å². The van der Waals surface area contributed by atoms with Crippen LogP contribution in [0.25, 0.3) is 11.1 Å². The van der Waals surface area contributed by atoms with Crippen molar-refractivity contribution < 1.29 is 0 Å². The van der Waals surface area contributed by atoms with Gasteiger partial charge in [0.05, 0.1) is 0 Å². The van der Waals surface area contributed by atoms with Crippen molar-refractivity contribution in [2.45, 2.75) is 32.6 Å². The molecule has 1 heteroatoms. The van der Waals surface area contributed by atoms with E-state index < -0.39 is 0 Å². The van der Waals surface area contributed by atoms with Gasteiger partial charge in [-0.2, -0.15) is 0 Å². The van der Waals surface area contributed by atoms with Gasteiger partial charge in [0.1, 0.15) is 0 Å². The molecule has 20 heavy (non-hydrogen) atoms. The first-order valence-corrected chi connectivity index (χ1v) is 7.75. The number of benzene rings is 2. The molecular formula is C19H25N. The normalized spacial score (nSPS) is 10.7. The summed E-state index contributed by atoms with van der Waals surface area (Å²) in [6.45, 7) is 4.40. The summed E-state index contributed by atoms with van der Waals surface area (Å²) in [6.07, 6.45) is 5.08. The fraction of sp³-hybridized carbons (Fsp3) is 0.368. The van der Waals surface area contributed by atoms with Crippen LogP contribution in [0.3, 0.4) is 0 Å². The van der Waals surface area contributed by atoms with Crippen LogP contribution in [0.4, 0.5) is 0 Å². The van der Waals surface area contributed by atoms with Crippen molar-refractivity contribution in [3.8, 4) is 11.1 Å². The molecule has 0 saturated carbocycles. The Morgan fingerprint density at radius 1 is 0.750 bits per heavy atom. The zero-order valence-electron chi connectivity index (χ0n) is 12.4. The minimum atomic E-state index is 1.08. The third kappa shape index (κ3) is 4.82. The van der Waals surface area contributed by atoms with E-state index in [0.29, 0.717) is 0 Å². The van der Waals surface area contributed by atoms with Crippen molar-refractivity contribution in [3.05, 3.63) is 60.2 Å². The number of hydrogen-bond donors (Lipinski definition) is 1. The predicted molar refractivity (Wildman–Crippen MR) is 88.0 cm³/mol. The summed E-state index contributed by atoms with van der Waals surface area (Å²) < 4.78 is 0. The summed E-state index contributed by atoms with van der Waals surface area (Å²) in [5, 5.41) is 3.37. The van der Waals surface area contributed by atoms with E-state index >= 15 is 0 Å². The Bertz CT molecular complexity index is 473. The Kier molecular flexibility index (Phi) is 6.33. The van der Waals surface area contributed by atoms with Gasteiger partial charge in [-0.15, -0.1) is 0 Å². The number of hydrogen-bond acceptors (Lipinski definition) is 1. The third-order valence-electron chi connectivity index (χ3n) is 3.63. The Balaban J connectivity index is 1.77. The molecule has 0 atom stereocenters. The summed E-state index contributed by atoms with van der Waals surface area (Å²) in [6, 6.07) is 19.6. The van der Waals surface area contributed by atoms with E-state index in [9.17, 15) is 0 Å². The maximum atomic E-state index is 3.37. The number of aryl methyl sites for hydroxylation is 1. The van der Waals surface area contributed by atoms with E-state index in [4.69, 9.17) is 0 Å². The first-order chi connectivity index (χ1) is 9.90. The van der Waals surface area contributed by atoms with Crippen LogP contribution in [-0.2, 0) is 6.42 Å². The van der Waals surface area contributed by atoms with Crippen LogP contribution in [0, 0.1) is 0 Å². The lowest BCUT2D eigenvalue weighted by Gasteiger charge is -2.05. The molecule has 2 aromatic carbocycles. The van der Waals surface area contributed by atoms with Crippen molar-refractivity contribution in [1.82, 2.24) is 5.32 Å². The van der Waals surface area contributed by atoms with E-state index in [-0.39, 0.29) is 0 Å². The Labute approximate surface area is 123 Å². The second-order valence-corrected chi connectivity index (χ2v) is 5.23. The van der Waals surface area contributed by atoms with Gasteiger partial charge >= 0.3 is 0 Å². The Morgan fingerprint density at radius 3 is 2.15 bits per heavy atom. The summed E-state index contributed by atoms with van der Waals surface area (Å²) in [7, 11) is 0.